The first-order chi connectivity index (χ1) is 8.79. The Bertz CT molecular complexity index is 389. The predicted molar refractivity (Wildman–Crippen MR) is 74.4 cm³/mol. The second-order valence-electron chi connectivity index (χ2n) is 4.82. The molecule has 3 heteroatoms. The number of ether oxygens (including phenoxy) is 1. The lowest BCUT2D eigenvalue weighted by Gasteiger charge is -2.28. The first-order valence-corrected chi connectivity index (χ1v) is 6.49. The minimum atomic E-state index is 0.101. The van der Waals surface area contributed by atoms with Crippen molar-refractivity contribution in [1.82, 2.24) is 4.90 Å². The van der Waals surface area contributed by atoms with Crippen LogP contribution in [0.25, 0.3) is 0 Å². The Morgan fingerprint density at radius 1 is 1.33 bits per heavy atom. The van der Waals surface area contributed by atoms with Crippen LogP contribution in [0.2, 0.25) is 0 Å². The summed E-state index contributed by atoms with van der Waals surface area (Å²) in [5, 5.41) is 0. The van der Waals surface area contributed by atoms with Gasteiger partial charge in [0.05, 0.1) is 6.61 Å². The standard InChI is InChI=1S/C15H22N2O/c1-18-12-13-7-9-17(10-8-13)11-15(16)14-5-3-2-4-6-14/h2-7,15H,8-12,16H2,1H3. The number of rotatable bonds is 5. The van der Waals surface area contributed by atoms with Crippen LogP contribution in [0.1, 0.15) is 18.0 Å². The monoisotopic (exact) mass is 246 g/mol. The summed E-state index contributed by atoms with van der Waals surface area (Å²) in [5.74, 6) is 0. The van der Waals surface area contributed by atoms with Crippen LogP contribution in [-0.4, -0.2) is 38.3 Å². The maximum atomic E-state index is 6.23. The molecule has 98 valence electrons. The van der Waals surface area contributed by atoms with Crippen LogP contribution in [0.4, 0.5) is 0 Å². The van der Waals surface area contributed by atoms with E-state index in [0.29, 0.717) is 0 Å². The number of nitrogens with zero attached hydrogens (tertiary/aromatic N) is 1. The molecule has 0 aliphatic carbocycles. The molecule has 1 aliphatic heterocycles. The number of hydrogen-bond donors (Lipinski definition) is 1. The maximum absolute atomic E-state index is 6.23. The van der Waals surface area contributed by atoms with Crippen LogP contribution in [0, 0.1) is 0 Å². The second kappa shape index (κ2) is 6.69. The molecule has 1 heterocycles. The van der Waals surface area contributed by atoms with Gasteiger partial charge in [-0.1, -0.05) is 36.4 Å². The maximum Gasteiger partial charge on any atom is 0.0673 e. The molecule has 0 saturated carbocycles. The fourth-order valence-electron chi connectivity index (χ4n) is 2.32. The molecule has 0 bridgehead atoms. The van der Waals surface area contributed by atoms with Gasteiger partial charge in [-0.05, 0) is 17.6 Å². The quantitative estimate of drug-likeness (QED) is 0.807. The Kier molecular flexibility index (Phi) is 4.93. The zero-order valence-corrected chi connectivity index (χ0v) is 11.0. The Morgan fingerprint density at radius 3 is 2.72 bits per heavy atom. The van der Waals surface area contributed by atoms with E-state index in [9.17, 15) is 0 Å². The topological polar surface area (TPSA) is 38.5 Å². The predicted octanol–water partition coefficient (Wildman–Crippen LogP) is 1.96. The molecule has 18 heavy (non-hydrogen) atoms. The summed E-state index contributed by atoms with van der Waals surface area (Å²) in [5.41, 5.74) is 8.85. The van der Waals surface area contributed by atoms with Gasteiger partial charge in [0.15, 0.2) is 0 Å². The summed E-state index contributed by atoms with van der Waals surface area (Å²) in [6.07, 6.45) is 3.36. The van der Waals surface area contributed by atoms with Crippen molar-refractivity contribution in [3.05, 3.63) is 47.5 Å². The molecule has 0 radical (unpaired) electrons. The van der Waals surface area contributed by atoms with Crippen molar-refractivity contribution in [2.24, 2.45) is 5.73 Å². The molecule has 1 aromatic carbocycles. The van der Waals surface area contributed by atoms with E-state index in [1.807, 2.05) is 18.2 Å². The zero-order valence-electron chi connectivity index (χ0n) is 11.0. The third-order valence-electron chi connectivity index (χ3n) is 3.40. The van der Waals surface area contributed by atoms with Gasteiger partial charge in [-0.25, -0.2) is 0 Å². The van der Waals surface area contributed by atoms with Crippen molar-refractivity contribution < 1.29 is 4.74 Å². The molecule has 0 aromatic heterocycles. The van der Waals surface area contributed by atoms with Crippen molar-refractivity contribution in [1.29, 1.82) is 0 Å². The molecule has 1 unspecified atom stereocenters. The minimum absolute atomic E-state index is 0.101. The van der Waals surface area contributed by atoms with Crippen LogP contribution >= 0.6 is 0 Å². The molecule has 0 saturated heterocycles. The molecule has 3 nitrogen and oxygen atoms in total. The van der Waals surface area contributed by atoms with Gasteiger partial charge in [-0.3, -0.25) is 4.90 Å². The molecule has 0 fully saturated rings. The van der Waals surface area contributed by atoms with Crippen LogP contribution in [0.5, 0.6) is 0 Å². The highest BCUT2D eigenvalue weighted by molar-refractivity contribution is 5.19. The third kappa shape index (κ3) is 3.67. The fraction of sp³-hybridized carbons (Fsp3) is 0.467. The molecule has 2 rings (SSSR count). The Morgan fingerprint density at radius 2 is 2.11 bits per heavy atom. The van der Waals surface area contributed by atoms with E-state index < -0.39 is 0 Å². The van der Waals surface area contributed by atoms with E-state index in [2.05, 4.69) is 23.1 Å². The molecular weight excluding hydrogens is 224 g/mol. The largest absolute Gasteiger partial charge is 0.380 e. The summed E-state index contributed by atoms with van der Waals surface area (Å²) in [7, 11) is 1.75. The molecule has 1 aliphatic rings. The van der Waals surface area contributed by atoms with E-state index in [-0.39, 0.29) is 6.04 Å². The highest BCUT2D eigenvalue weighted by Gasteiger charge is 2.15. The van der Waals surface area contributed by atoms with Gasteiger partial charge in [0.25, 0.3) is 0 Å². The lowest BCUT2D eigenvalue weighted by atomic mass is 10.0. The SMILES string of the molecule is COCC1=CCN(CC(N)c2ccccc2)CC1. The number of hydrogen-bond acceptors (Lipinski definition) is 3. The van der Waals surface area contributed by atoms with Crippen molar-refractivity contribution in [3.8, 4) is 0 Å². The van der Waals surface area contributed by atoms with Gasteiger partial charge in [-0.15, -0.1) is 0 Å². The van der Waals surface area contributed by atoms with E-state index in [1.165, 1.54) is 11.1 Å². The lowest BCUT2D eigenvalue weighted by molar-refractivity contribution is 0.209. The molecule has 1 atom stereocenters. The average Bonchev–Trinajstić information content (AvgIpc) is 2.42. The smallest absolute Gasteiger partial charge is 0.0673 e. The Balaban J connectivity index is 1.85. The van der Waals surface area contributed by atoms with E-state index >= 15 is 0 Å². The number of benzene rings is 1. The normalized spacial score (nSPS) is 18.4. The Hall–Kier alpha value is -1.16. The van der Waals surface area contributed by atoms with Crippen LogP contribution in [0.15, 0.2) is 42.0 Å². The number of methoxy groups -OCH3 is 1. The summed E-state index contributed by atoms with van der Waals surface area (Å²) in [4.78, 5) is 2.40. The first-order valence-electron chi connectivity index (χ1n) is 6.49. The third-order valence-corrected chi connectivity index (χ3v) is 3.40. The molecule has 1 aromatic rings. The van der Waals surface area contributed by atoms with Crippen molar-refractivity contribution in [3.63, 3.8) is 0 Å². The van der Waals surface area contributed by atoms with E-state index in [0.717, 1.165) is 32.7 Å². The number of nitrogens with two attached hydrogens (primary N) is 1. The Labute approximate surface area is 109 Å². The van der Waals surface area contributed by atoms with Gasteiger partial charge in [0.2, 0.25) is 0 Å². The minimum Gasteiger partial charge on any atom is -0.380 e. The summed E-state index contributed by atoms with van der Waals surface area (Å²) >= 11 is 0. The van der Waals surface area contributed by atoms with Gasteiger partial charge in [-0.2, -0.15) is 0 Å². The zero-order chi connectivity index (χ0) is 12.8. The first kappa shape index (κ1) is 13.3. The molecular formula is C15H22N2O. The van der Waals surface area contributed by atoms with Crippen LogP contribution < -0.4 is 5.73 Å². The highest BCUT2D eigenvalue weighted by Crippen LogP contribution is 2.15. The molecule has 2 N–H and O–H groups in total. The average molecular weight is 246 g/mol. The van der Waals surface area contributed by atoms with E-state index in [1.54, 1.807) is 7.11 Å². The summed E-state index contributed by atoms with van der Waals surface area (Å²) < 4.78 is 5.16. The van der Waals surface area contributed by atoms with Crippen LogP contribution in [-0.2, 0) is 4.74 Å². The fourth-order valence-corrected chi connectivity index (χ4v) is 2.32. The van der Waals surface area contributed by atoms with Crippen molar-refractivity contribution >= 4 is 0 Å². The van der Waals surface area contributed by atoms with Gasteiger partial charge >= 0.3 is 0 Å². The molecule has 0 spiro atoms. The van der Waals surface area contributed by atoms with Crippen molar-refractivity contribution in [2.75, 3.05) is 33.4 Å². The van der Waals surface area contributed by atoms with E-state index in [4.69, 9.17) is 10.5 Å². The van der Waals surface area contributed by atoms with Gasteiger partial charge in [0, 0.05) is 32.8 Å². The van der Waals surface area contributed by atoms with Crippen LogP contribution in [0.3, 0.4) is 0 Å². The summed E-state index contributed by atoms with van der Waals surface area (Å²) in [6.45, 7) is 3.74. The summed E-state index contributed by atoms with van der Waals surface area (Å²) in [6, 6.07) is 10.4. The second-order valence-corrected chi connectivity index (χ2v) is 4.82. The van der Waals surface area contributed by atoms with Gasteiger partial charge < -0.3 is 10.5 Å². The van der Waals surface area contributed by atoms with Gasteiger partial charge in [0.1, 0.15) is 0 Å². The molecule has 0 amide bonds. The highest BCUT2D eigenvalue weighted by atomic mass is 16.5. The van der Waals surface area contributed by atoms with Crippen molar-refractivity contribution in [2.45, 2.75) is 12.5 Å². The lowest BCUT2D eigenvalue weighted by Crippen LogP contribution is -2.35.